The molecule has 0 atom stereocenters. The molecule has 0 aliphatic heterocycles. The quantitative estimate of drug-likeness (QED) is 0.593. The van der Waals surface area contributed by atoms with Crippen LogP contribution in [0.25, 0.3) is 11.0 Å². The lowest BCUT2D eigenvalue weighted by atomic mass is 10.2. The number of fused-ring (bicyclic) bond motifs is 1. The van der Waals surface area contributed by atoms with E-state index in [0.717, 1.165) is 28.8 Å². The van der Waals surface area contributed by atoms with Gasteiger partial charge in [-0.3, -0.25) is 0 Å². The molecule has 0 saturated heterocycles. The predicted molar refractivity (Wildman–Crippen MR) is 56.5 cm³/mol. The van der Waals surface area contributed by atoms with Crippen molar-refractivity contribution in [2.75, 3.05) is 5.75 Å². The van der Waals surface area contributed by atoms with Gasteiger partial charge in [0.1, 0.15) is 17.1 Å². The van der Waals surface area contributed by atoms with Gasteiger partial charge in [-0.2, -0.15) is 12.6 Å². The summed E-state index contributed by atoms with van der Waals surface area (Å²) in [6.45, 7) is 0. The van der Waals surface area contributed by atoms with Crippen LogP contribution in [0.4, 0.5) is 0 Å². The van der Waals surface area contributed by atoms with Crippen LogP contribution >= 0.6 is 24.2 Å². The fraction of sp³-hybridized carbons (Fsp3) is 0.250. The highest BCUT2D eigenvalue weighted by Gasteiger charge is 2.07. The van der Waals surface area contributed by atoms with Crippen molar-refractivity contribution in [1.82, 2.24) is 15.0 Å². The average Bonchev–Trinajstić information content (AvgIpc) is 2.51. The zero-order valence-electron chi connectivity index (χ0n) is 6.79. The number of halogens is 1. The Kier molecular flexibility index (Phi) is 2.42. The van der Waals surface area contributed by atoms with Crippen LogP contribution in [-0.4, -0.2) is 20.7 Å². The molecule has 5 heteroatoms. The number of rotatable bonds is 2. The number of nitrogens with one attached hydrogen (secondary N) is 1. The van der Waals surface area contributed by atoms with Gasteiger partial charge in [0.15, 0.2) is 0 Å². The molecule has 2 aromatic rings. The molecule has 0 bridgehead atoms. The van der Waals surface area contributed by atoms with Crippen LogP contribution in [0.2, 0.25) is 5.15 Å². The highest BCUT2D eigenvalue weighted by molar-refractivity contribution is 7.80. The first-order valence-electron chi connectivity index (χ1n) is 3.90. The molecule has 2 aromatic heterocycles. The third-order valence-electron chi connectivity index (χ3n) is 1.89. The normalized spacial score (nSPS) is 10.9. The largest absolute Gasteiger partial charge is 0.346 e. The van der Waals surface area contributed by atoms with Gasteiger partial charge >= 0.3 is 0 Å². The number of hydrogen-bond donors (Lipinski definition) is 2. The summed E-state index contributed by atoms with van der Waals surface area (Å²) in [7, 11) is 0. The molecule has 0 aliphatic carbocycles. The van der Waals surface area contributed by atoms with Gasteiger partial charge in [-0.05, 0) is 17.7 Å². The Balaban J connectivity index is 2.64. The van der Waals surface area contributed by atoms with Crippen LogP contribution in [0.1, 0.15) is 5.56 Å². The Morgan fingerprint density at radius 3 is 3.08 bits per heavy atom. The van der Waals surface area contributed by atoms with E-state index in [1.54, 1.807) is 0 Å². The van der Waals surface area contributed by atoms with Gasteiger partial charge in [0, 0.05) is 6.20 Å². The summed E-state index contributed by atoms with van der Waals surface area (Å²) in [4.78, 5) is 11.0. The molecular formula is C8H8ClN3S. The molecule has 0 radical (unpaired) electrons. The monoisotopic (exact) mass is 213 g/mol. The van der Waals surface area contributed by atoms with Crippen molar-refractivity contribution in [2.24, 2.45) is 0 Å². The summed E-state index contributed by atoms with van der Waals surface area (Å²) < 4.78 is 0. The average molecular weight is 214 g/mol. The fourth-order valence-corrected chi connectivity index (χ4v) is 1.80. The topological polar surface area (TPSA) is 41.6 Å². The minimum atomic E-state index is 0.503. The summed E-state index contributed by atoms with van der Waals surface area (Å²) in [5, 5.41) is 1.42. The van der Waals surface area contributed by atoms with Gasteiger partial charge in [-0.1, -0.05) is 11.6 Å². The van der Waals surface area contributed by atoms with Crippen molar-refractivity contribution < 1.29 is 0 Å². The van der Waals surface area contributed by atoms with Crippen LogP contribution in [0, 0.1) is 0 Å². The molecule has 0 aliphatic rings. The van der Waals surface area contributed by atoms with E-state index in [4.69, 9.17) is 11.6 Å². The number of aryl methyl sites for hydroxylation is 1. The molecule has 0 fully saturated rings. The number of H-pyrrole nitrogens is 1. The van der Waals surface area contributed by atoms with E-state index in [1.807, 2.05) is 6.20 Å². The highest BCUT2D eigenvalue weighted by Crippen LogP contribution is 2.23. The lowest BCUT2D eigenvalue weighted by Crippen LogP contribution is -1.86. The van der Waals surface area contributed by atoms with Crippen molar-refractivity contribution >= 4 is 35.3 Å². The van der Waals surface area contributed by atoms with E-state index >= 15 is 0 Å². The van der Waals surface area contributed by atoms with Gasteiger partial charge in [0.2, 0.25) is 0 Å². The van der Waals surface area contributed by atoms with Gasteiger partial charge in [-0.15, -0.1) is 0 Å². The molecule has 0 aromatic carbocycles. The van der Waals surface area contributed by atoms with Gasteiger partial charge < -0.3 is 4.98 Å². The Morgan fingerprint density at radius 2 is 2.31 bits per heavy atom. The second kappa shape index (κ2) is 3.55. The van der Waals surface area contributed by atoms with E-state index in [-0.39, 0.29) is 0 Å². The number of aromatic nitrogens is 3. The predicted octanol–water partition coefficient (Wildman–Crippen LogP) is 2.08. The third-order valence-corrected chi connectivity index (χ3v) is 2.40. The molecule has 3 nitrogen and oxygen atoms in total. The first-order valence-corrected chi connectivity index (χ1v) is 4.91. The second-order valence-electron chi connectivity index (χ2n) is 2.68. The lowest BCUT2D eigenvalue weighted by molar-refractivity contribution is 1.17. The van der Waals surface area contributed by atoms with E-state index in [0.29, 0.717) is 5.15 Å². The lowest BCUT2D eigenvalue weighted by Gasteiger charge is -1.95. The smallest absolute Gasteiger partial charge is 0.142 e. The first kappa shape index (κ1) is 8.84. The molecule has 13 heavy (non-hydrogen) atoms. The van der Waals surface area contributed by atoms with Gasteiger partial charge in [-0.25, -0.2) is 9.97 Å². The molecule has 2 heterocycles. The van der Waals surface area contributed by atoms with E-state index in [9.17, 15) is 0 Å². The fourth-order valence-electron chi connectivity index (χ4n) is 1.30. The minimum Gasteiger partial charge on any atom is -0.346 e. The van der Waals surface area contributed by atoms with Crippen molar-refractivity contribution in [1.29, 1.82) is 0 Å². The number of aromatic amines is 1. The summed E-state index contributed by atoms with van der Waals surface area (Å²) in [5.41, 5.74) is 1.91. The standard InChI is InChI=1S/C8H8ClN3S/c9-7-6-5(1-2-13)3-10-8(6)12-4-11-7/h3-4,13H,1-2H2,(H,10,11,12). The molecule has 0 saturated carbocycles. The van der Waals surface area contributed by atoms with Crippen molar-refractivity contribution in [3.63, 3.8) is 0 Å². The van der Waals surface area contributed by atoms with Crippen LogP contribution in [0.5, 0.6) is 0 Å². The van der Waals surface area contributed by atoms with E-state index in [1.165, 1.54) is 6.33 Å². The minimum absolute atomic E-state index is 0.503. The summed E-state index contributed by atoms with van der Waals surface area (Å²) in [5.74, 6) is 0.790. The number of thiol groups is 1. The molecule has 0 spiro atoms. The molecule has 0 amide bonds. The Bertz CT molecular complexity index is 426. The molecule has 2 rings (SSSR count). The summed E-state index contributed by atoms with van der Waals surface area (Å²) >= 11 is 10.1. The van der Waals surface area contributed by atoms with Crippen LogP contribution in [0.15, 0.2) is 12.5 Å². The Labute approximate surface area is 85.9 Å². The Hall–Kier alpha value is -0.740. The first-order chi connectivity index (χ1) is 6.33. The SMILES string of the molecule is SCCc1c[nH]c2ncnc(Cl)c12. The van der Waals surface area contributed by atoms with Gasteiger partial charge in [0.25, 0.3) is 0 Å². The van der Waals surface area contributed by atoms with Gasteiger partial charge in [0.05, 0.1) is 5.39 Å². The van der Waals surface area contributed by atoms with Crippen molar-refractivity contribution in [3.05, 3.63) is 23.2 Å². The molecule has 68 valence electrons. The maximum absolute atomic E-state index is 5.94. The molecule has 0 unspecified atom stereocenters. The number of hydrogen-bond acceptors (Lipinski definition) is 3. The van der Waals surface area contributed by atoms with E-state index in [2.05, 4.69) is 27.6 Å². The summed E-state index contributed by atoms with van der Waals surface area (Å²) in [6, 6.07) is 0. The van der Waals surface area contributed by atoms with Crippen molar-refractivity contribution in [2.45, 2.75) is 6.42 Å². The molecule has 1 N–H and O–H groups in total. The Morgan fingerprint density at radius 1 is 1.46 bits per heavy atom. The second-order valence-corrected chi connectivity index (χ2v) is 3.48. The van der Waals surface area contributed by atoms with Crippen LogP contribution in [-0.2, 0) is 6.42 Å². The van der Waals surface area contributed by atoms with Crippen LogP contribution < -0.4 is 0 Å². The zero-order chi connectivity index (χ0) is 9.26. The van der Waals surface area contributed by atoms with E-state index < -0.39 is 0 Å². The maximum atomic E-state index is 5.94. The number of nitrogens with zero attached hydrogens (tertiary/aromatic N) is 2. The maximum Gasteiger partial charge on any atom is 0.142 e. The highest BCUT2D eigenvalue weighted by atomic mass is 35.5. The third kappa shape index (κ3) is 1.51. The molecular weight excluding hydrogens is 206 g/mol. The summed E-state index contributed by atoms with van der Waals surface area (Å²) in [6.07, 6.45) is 4.23. The van der Waals surface area contributed by atoms with Crippen LogP contribution in [0.3, 0.4) is 0 Å². The van der Waals surface area contributed by atoms with Crippen molar-refractivity contribution in [3.8, 4) is 0 Å². The zero-order valence-corrected chi connectivity index (χ0v) is 8.44.